The summed E-state index contributed by atoms with van der Waals surface area (Å²) < 4.78 is 41.0. The quantitative estimate of drug-likeness (QED) is 0.916. The van der Waals surface area contributed by atoms with Crippen LogP contribution in [0.15, 0.2) is 18.2 Å². The highest BCUT2D eigenvalue weighted by Crippen LogP contribution is 2.33. The Morgan fingerprint density at radius 1 is 1.53 bits per heavy atom. The first-order chi connectivity index (χ1) is 8.91. The summed E-state index contributed by atoms with van der Waals surface area (Å²) in [6, 6.07) is 3.95. The van der Waals surface area contributed by atoms with Crippen LogP contribution in [0, 0.1) is 11.7 Å². The molecule has 0 radical (unpaired) electrons. The summed E-state index contributed by atoms with van der Waals surface area (Å²) in [6.45, 7) is 0. The Kier molecular flexibility index (Phi) is 4.10. The van der Waals surface area contributed by atoms with E-state index in [1.165, 1.54) is 25.3 Å². The molecular weight excluding hydrogens is 271 g/mol. The van der Waals surface area contributed by atoms with Gasteiger partial charge in [0.25, 0.3) is 0 Å². The number of hydrogen-bond donors (Lipinski definition) is 1. The summed E-state index contributed by atoms with van der Waals surface area (Å²) in [7, 11) is -1.52. The second-order valence-corrected chi connectivity index (χ2v) is 7.14. The number of methoxy groups -OCH3 is 1. The zero-order valence-electron chi connectivity index (χ0n) is 10.7. The van der Waals surface area contributed by atoms with Gasteiger partial charge in [0.15, 0.2) is 9.84 Å². The molecule has 0 aliphatic carbocycles. The minimum atomic E-state index is -2.96. The van der Waals surface area contributed by atoms with Gasteiger partial charge in [0, 0.05) is 5.56 Å². The SMILES string of the molecule is COc1ccc(F)cc1C(O)CC1CCS(=O)(=O)C1. The van der Waals surface area contributed by atoms with E-state index in [0.717, 1.165) is 0 Å². The molecule has 6 heteroatoms. The molecule has 2 unspecified atom stereocenters. The topological polar surface area (TPSA) is 63.6 Å². The van der Waals surface area contributed by atoms with E-state index < -0.39 is 21.8 Å². The number of sulfone groups is 1. The lowest BCUT2D eigenvalue weighted by molar-refractivity contribution is 0.144. The van der Waals surface area contributed by atoms with E-state index in [1.54, 1.807) is 0 Å². The fourth-order valence-corrected chi connectivity index (χ4v) is 4.35. The van der Waals surface area contributed by atoms with E-state index in [9.17, 15) is 17.9 Å². The highest BCUT2D eigenvalue weighted by molar-refractivity contribution is 7.91. The Balaban J connectivity index is 2.12. The van der Waals surface area contributed by atoms with Crippen LogP contribution in [0.25, 0.3) is 0 Å². The van der Waals surface area contributed by atoms with Gasteiger partial charge in [0.1, 0.15) is 11.6 Å². The van der Waals surface area contributed by atoms with Gasteiger partial charge in [-0.2, -0.15) is 0 Å². The largest absolute Gasteiger partial charge is 0.496 e. The summed E-state index contributed by atoms with van der Waals surface area (Å²) in [5.74, 6) is 0.156. The lowest BCUT2D eigenvalue weighted by Crippen LogP contribution is -2.10. The molecule has 1 aliphatic heterocycles. The van der Waals surface area contributed by atoms with Crippen molar-refractivity contribution in [1.29, 1.82) is 0 Å². The van der Waals surface area contributed by atoms with Gasteiger partial charge in [0.2, 0.25) is 0 Å². The third-order valence-electron chi connectivity index (χ3n) is 3.43. The highest BCUT2D eigenvalue weighted by atomic mass is 32.2. The van der Waals surface area contributed by atoms with Crippen LogP contribution in [0.3, 0.4) is 0 Å². The normalized spacial score (nSPS) is 23.2. The van der Waals surface area contributed by atoms with Crippen LogP contribution in [0.1, 0.15) is 24.5 Å². The predicted molar refractivity (Wildman–Crippen MR) is 69.3 cm³/mol. The molecule has 1 N–H and O–H groups in total. The lowest BCUT2D eigenvalue weighted by atomic mass is 9.96. The van der Waals surface area contributed by atoms with Crippen molar-refractivity contribution in [3.63, 3.8) is 0 Å². The maximum Gasteiger partial charge on any atom is 0.150 e. The average molecular weight is 288 g/mol. The standard InChI is InChI=1S/C13H17FO4S/c1-18-13-3-2-10(14)7-11(13)12(15)6-9-4-5-19(16,17)8-9/h2-3,7,9,12,15H,4-6,8H2,1H3. The monoisotopic (exact) mass is 288 g/mol. The Morgan fingerprint density at radius 3 is 2.84 bits per heavy atom. The third-order valence-corrected chi connectivity index (χ3v) is 5.27. The first kappa shape index (κ1) is 14.3. The minimum absolute atomic E-state index is 0.0760. The Morgan fingerprint density at radius 2 is 2.26 bits per heavy atom. The number of halogens is 1. The molecule has 0 amide bonds. The fraction of sp³-hybridized carbons (Fsp3) is 0.538. The van der Waals surface area contributed by atoms with E-state index in [2.05, 4.69) is 0 Å². The van der Waals surface area contributed by atoms with Gasteiger partial charge >= 0.3 is 0 Å². The van der Waals surface area contributed by atoms with E-state index in [-0.39, 0.29) is 17.4 Å². The van der Waals surface area contributed by atoms with Gasteiger partial charge in [-0.15, -0.1) is 0 Å². The van der Waals surface area contributed by atoms with Crippen LogP contribution in [0.2, 0.25) is 0 Å². The van der Waals surface area contributed by atoms with Gasteiger partial charge in [-0.3, -0.25) is 0 Å². The zero-order chi connectivity index (χ0) is 14.0. The number of rotatable bonds is 4. The van der Waals surface area contributed by atoms with Gasteiger partial charge in [-0.25, -0.2) is 12.8 Å². The van der Waals surface area contributed by atoms with E-state index in [0.29, 0.717) is 24.2 Å². The molecule has 4 nitrogen and oxygen atoms in total. The van der Waals surface area contributed by atoms with Crippen molar-refractivity contribution >= 4 is 9.84 Å². The van der Waals surface area contributed by atoms with Crippen molar-refractivity contribution < 1.29 is 22.7 Å². The van der Waals surface area contributed by atoms with Crippen molar-refractivity contribution in [2.75, 3.05) is 18.6 Å². The molecule has 1 fully saturated rings. The molecule has 0 aromatic heterocycles. The first-order valence-electron chi connectivity index (χ1n) is 6.13. The average Bonchev–Trinajstić information content (AvgIpc) is 2.68. The van der Waals surface area contributed by atoms with Crippen LogP contribution < -0.4 is 4.74 Å². The maximum atomic E-state index is 13.2. The molecule has 1 aromatic carbocycles. The predicted octanol–water partition coefficient (Wildman–Crippen LogP) is 1.69. The maximum absolute atomic E-state index is 13.2. The van der Waals surface area contributed by atoms with Crippen molar-refractivity contribution in [2.24, 2.45) is 5.92 Å². The van der Waals surface area contributed by atoms with Crippen LogP contribution in [0.4, 0.5) is 4.39 Å². The molecule has 0 spiro atoms. The molecular formula is C13H17FO4S. The van der Waals surface area contributed by atoms with Crippen LogP contribution >= 0.6 is 0 Å². The highest BCUT2D eigenvalue weighted by Gasteiger charge is 2.30. The number of hydrogen-bond acceptors (Lipinski definition) is 4. The Bertz CT molecular complexity index is 556. The van der Waals surface area contributed by atoms with Gasteiger partial charge < -0.3 is 9.84 Å². The van der Waals surface area contributed by atoms with Crippen LogP contribution in [0.5, 0.6) is 5.75 Å². The molecule has 1 aliphatic rings. The molecule has 106 valence electrons. The van der Waals surface area contributed by atoms with Crippen molar-refractivity contribution in [3.05, 3.63) is 29.6 Å². The first-order valence-corrected chi connectivity index (χ1v) is 7.95. The molecule has 1 heterocycles. The van der Waals surface area contributed by atoms with Crippen LogP contribution in [-0.4, -0.2) is 32.1 Å². The Hall–Kier alpha value is -1.14. The number of aliphatic hydroxyl groups is 1. The van der Waals surface area contributed by atoms with Gasteiger partial charge in [-0.05, 0) is 37.0 Å². The molecule has 19 heavy (non-hydrogen) atoms. The molecule has 2 rings (SSSR count). The molecule has 1 aromatic rings. The van der Waals surface area contributed by atoms with Crippen molar-refractivity contribution in [3.8, 4) is 5.75 Å². The van der Waals surface area contributed by atoms with Crippen molar-refractivity contribution in [1.82, 2.24) is 0 Å². The lowest BCUT2D eigenvalue weighted by Gasteiger charge is -2.17. The summed E-state index contributed by atoms with van der Waals surface area (Å²) in [5.41, 5.74) is 0.367. The second kappa shape index (κ2) is 5.46. The van der Waals surface area contributed by atoms with Crippen molar-refractivity contribution in [2.45, 2.75) is 18.9 Å². The second-order valence-electron chi connectivity index (χ2n) is 4.91. The van der Waals surface area contributed by atoms with Gasteiger partial charge in [-0.1, -0.05) is 0 Å². The summed E-state index contributed by atoms with van der Waals surface area (Å²) in [6.07, 6.45) is -0.0558. The van der Waals surface area contributed by atoms with Crippen LogP contribution in [-0.2, 0) is 9.84 Å². The fourth-order valence-electron chi connectivity index (χ4n) is 2.47. The minimum Gasteiger partial charge on any atom is -0.496 e. The summed E-state index contributed by atoms with van der Waals surface area (Å²) in [4.78, 5) is 0. The van der Waals surface area contributed by atoms with Gasteiger partial charge in [0.05, 0.1) is 24.7 Å². The zero-order valence-corrected chi connectivity index (χ0v) is 11.5. The number of ether oxygens (including phenoxy) is 1. The van der Waals surface area contributed by atoms with E-state index in [4.69, 9.17) is 4.74 Å². The van der Waals surface area contributed by atoms with E-state index in [1.807, 2.05) is 0 Å². The Labute approximate surface area is 112 Å². The molecule has 0 bridgehead atoms. The molecule has 2 atom stereocenters. The smallest absolute Gasteiger partial charge is 0.150 e. The molecule has 1 saturated heterocycles. The third kappa shape index (κ3) is 3.45. The summed E-state index contributed by atoms with van der Waals surface area (Å²) >= 11 is 0. The van der Waals surface area contributed by atoms with E-state index >= 15 is 0 Å². The number of aliphatic hydroxyl groups excluding tert-OH is 1. The molecule has 0 saturated carbocycles. The number of benzene rings is 1. The summed E-state index contributed by atoms with van der Waals surface area (Å²) in [5, 5.41) is 10.1.